The van der Waals surface area contributed by atoms with Crippen LogP contribution in [-0.4, -0.2) is 12.9 Å². The van der Waals surface area contributed by atoms with Crippen molar-refractivity contribution >= 4 is 51.2 Å². The Morgan fingerprint density at radius 1 is 1.06 bits per heavy atom. The Labute approximate surface area is 109 Å². The van der Waals surface area contributed by atoms with Gasteiger partial charge in [-0.2, -0.15) is 0 Å². The van der Waals surface area contributed by atoms with Gasteiger partial charge in [0, 0.05) is 12.4 Å². The van der Waals surface area contributed by atoms with Crippen LogP contribution in [0.2, 0.25) is 10.0 Å². The quantitative estimate of drug-likeness (QED) is 0.677. The number of anilines is 1. The van der Waals surface area contributed by atoms with E-state index in [1.165, 1.54) is 0 Å². The number of halogens is 2. The van der Waals surface area contributed by atoms with Crippen LogP contribution in [0.5, 0.6) is 0 Å². The molecule has 0 spiro atoms. The van der Waals surface area contributed by atoms with E-state index in [9.17, 15) is 0 Å². The Morgan fingerprint density at radius 2 is 1.71 bits per heavy atom. The Balaban J connectivity index is 2.55. The number of rotatable bonds is 0. The van der Waals surface area contributed by atoms with Crippen molar-refractivity contribution in [1.29, 1.82) is 0 Å². The molecule has 4 heteroatoms. The molecule has 1 aliphatic rings. The van der Waals surface area contributed by atoms with Gasteiger partial charge in [0.1, 0.15) is 5.84 Å². The third kappa shape index (κ3) is 1.44. The summed E-state index contributed by atoms with van der Waals surface area (Å²) in [5.74, 6) is 0.889. The minimum atomic E-state index is 0.661. The van der Waals surface area contributed by atoms with Gasteiger partial charge in [0.25, 0.3) is 0 Å². The molecule has 0 saturated heterocycles. The second-order valence-electron chi connectivity index (χ2n) is 4.11. The molecule has 0 atom stereocenters. The molecule has 0 fully saturated rings. The summed E-state index contributed by atoms with van der Waals surface area (Å²) < 4.78 is 0. The zero-order valence-corrected chi connectivity index (χ0v) is 11.0. The minimum Gasteiger partial charge on any atom is -0.331 e. The van der Waals surface area contributed by atoms with Crippen LogP contribution in [0.4, 0.5) is 11.4 Å². The second kappa shape index (κ2) is 3.62. The van der Waals surface area contributed by atoms with Crippen molar-refractivity contribution in [2.24, 2.45) is 4.99 Å². The Hall–Kier alpha value is -1.25. The average molecular weight is 265 g/mol. The maximum absolute atomic E-state index is 6.28. The number of hydrogen-bond acceptors (Lipinski definition) is 2. The molecule has 17 heavy (non-hydrogen) atoms. The Bertz CT molecular complexity index is 657. The van der Waals surface area contributed by atoms with Gasteiger partial charge in [-0.1, -0.05) is 35.3 Å². The molecule has 0 amide bonds. The maximum Gasteiger partial charge on any atom is 0.106 e. The number of aliphatic imine (C=N–C) groups is 1. The fourth-order valence-corrected chi connectivity index (χ4v) is 2.65. The first-order chi connectivity index (χ1) is 8.09. The number of benzene rings is 2. The van der Waals surface area contributed by atoms with Crippen LogP contribution in [0, 0.1) is 0 Å². The van der Waals surface area contributed by atoms with Crippen LogP contribution >= 0.6 is 23.2 Å². The van der Waals surface area contributed by atoms with E-state index in [0.29, 0.717) is 5.02 Å². The van der Waals surface area contributed by atoms with Crippen LogP contribution in [0.1, 0.15) is 6.92 Å². The third-order valence-electron chi connectivity index (χ3n) is 3.13. The van der Waals surface area contributed by atoms with Crippen molar-refractivity contribution in [3.63, 3.8) is 0 Å². The Kier molecular flexibility index (Phi) is 2.32. The smallest absolute Gasteiger partial charge is 0.106 e. The first kappa shape index (κ1) is 10.9. The highest BCUT2D eigenvalue weighted by atomic mass is 35.5. The van der Waals surface area contributed by atoms with E-state index >= 15 is 0 Å². The summed E-state index contributed by atoms with van der Waals surface area (Å²) in [6, 6.07) is 7.76. The monoisotopic (exact) mass is 264 g/mol. The summed E-state index contributed by atoms with van der Waals surface area (Å²) >= 11 is 12.5. The third-order valence-corrected chi connectivity index (χ3v) is 3.74. The van der Waals surface area contributed by atoms with Gasteiger partial charge in [-0.25, -0.2) is 4.99 Å². The van der Waals surface area contributed by atoms with E-state index in [0.717, 1.165) is 33.0 Å². The summed E-state index contributed by atoms with van der Waals surface area (Å²) in [7, 11) is 1.96. The molecule has 1 heterocycles. The highest BCUT2D eigenvalue weighted by molar-refractivity contribution is 6.39. The van der Waals surface area contributed by atoms with Gasteiger partial charge in [-0.05, 0) is 24.4 Å². The van der Waals surface area contributed by atoms with Gasteiger partial charge in [-0.15, -0.1) is 0 Å². The first-order valence-corrected chi connectivity index (χ1v) is 6.05. The molecule has 0 aliphatic carbocycles. The summed E-state index contributed by atoms with van der Waals surface area (Å²) in [6.45, 7) is 1.95. The van der Waals surface area contributed by atoms with Gasteiger partial charge < -0.3 is 4.90 Å². The molecule has 2 aromatic rings. The molecule has 0 unspecified atom stereocenters. The topological polar surface area (TPSA) is 15.6 Å². The Morgan fingerprint density at radius 3 is 2.41 bits per heavy atom. The van der Waals surface area contributed by atoms with Crippen molar-refractivity contribution in [3.05, 3.63) is 34.3 Å². The predicted molar refractivity (Wildman–Crippen MR) is 75.1 cm³/mol. The van der Waals surface area contributed by atoms with Crippen molar-refractivity contribution in [3.8, 4) is 0 Å². The molecule has 0 bridgehead atoms. The fourth-order valence-electron chi connectivity index (χ4n) is 2.17. The van der Waals surface area contributed by atoms with E-state index in [-0.39, 0.29) is 0 Å². The SMILES string of the molecule is CC1=Nc2c(Cl)ccc3ccc(Cl)c(c23)N1C. The average Bonchev–Trinajstić information content (AvgIpc) is 2.31. The molecular formula is C13H10Cl2N2. The second-order valence-corrected chi connectivity index (χ2v) is 4.92. The van der Waals surface area contributed by atoms with Gasteiger partial charge in [0.05, 0.1) is 21.4 Å². The normalized spacial score (nSPS) is 14.1. The van der Waals surface area contributed by atoms with E-state index in [2.05, 4.69) is 4.99 Å². The van der Waals surface area contributed by atoms with Crippen molar-refractivity contribution in [2.45, 2.75) is 6.92 Å². The van der Waals surface area contributed by atoms with E-state index in [1.54, 1.807) is 0 Å². The molecule has 86 valence electrons. The van der Waals surface area contributed by atoms with Gasteiger partial charge >= 0.3 is 0 Å². The van der Waals surface area contributed by atoms with E-state index in [4.69, 9.17) is 23.2 Å². The largest absolute Gasteiger partial charge is 0.331 e. The number of hydrogen-bond donors (Lipinski definition) is 0. The maximum atomic E-state index is 6.28. The van der Waals surface area contributed by atoms with Crippen LogP contribution in [0.3, 0.4) is 0 Å². The van der Waals surface area contributed by atoms with Gasteiger partial charge in [0.15, 0.2) is 0 Å². The lowest BCUT2D eigenvalue weighted by molar-refractivity contribution is 1.23. The van der Waals surface area contributed by atoms with Crippen LogP contribution < -0.4 is 4.90 Å². The summed E-state index contributed by atoms with van der Waals surface area (Å²) in [5.41, 5.74) is 1.80. The molecule has 0 radical (unpaired) electrons. The van der Waals surface area contributed by atoms with E-state index in [1.807, 2.05) is 43.1 Å². The number of nitrogens with zero attached hydrogens (tertiary/aromatic N) is 2. The lowest BCUT2D eigenvalue weighted by Gasteiger charge is -2.27. The first-order valence-electron chi connectivity index (χ1n) is 5.29. The lowest BCUT2D eigenvalue weighted by Crippen LogP contribution is -2.25. The summed E-state index contributed by atoms with van der Waals surface area (Å²) in [6.07, 6.45) is 0. The molecule has 0 saturated carbocycles. The minimum absolute atomic E-state index is 0.661. The summed E-state index contributed by atoms with van der Waals surface area (Å²) in [4.78, 5) is 6.53. The molecule has 0 aromatic heterocycles. The highest BCUT2D eigenvalue weighted by Crippen LogP contribution is 2.45. The molecule has 3 rings (SSSR count). The zero-order valence-electron chi connectivity index (χ0n) is 9.46. The van der Waals surface area contributed by atoms with E-state index < -0.39 is 0 Å². The van der Waals surface area contributed by atoms with Crippen LogP contribution in [0.15, 0.2) is 29.3 Å². The molecular weight excluding hydrogens is 255 g/mol. The van der Waals surface area contributed by atoms with Crippen molar-refractivity contribution < 1.29 is 0 Å². The molecule has 1 aliphatic heterocycles. The standard InChI is InChI=1S/C13H10Cl2N2/c1-7-16-12-9(14)5-3-8-4-6-10(15)13(11(8)12)17(7)2/h3-6H,1-2H3. The summed E-state index contributed by atoms with van der Waals surface area (Å²) in [5, 5.41) is 3.51. The molecule has 2 aromatic carbocycles. The molecule has 0 N–H and O–H groups in total. The highest BCUT2D eigenvalue weighted by Gasteiger charge is 2.21. The van der Waals surface area contributed by atoms with Crippen LogP contribution in [-0.2, 0) is 0 Å². The number of amidine groups is 1. The fraction of sp³-hybridized carbons (Fsp3) is 0.154. The van der Waals surface area contributed by atoms with Crippen molar-refractivity contribution in [1.82, 2.24) is 0 Å². The zero-order chi connectivity index (χ0) is 12.2. The van der Waals surface area contributed by atoms with Crippen LogP contribution in [0.25, 0.3) is 10.8 Å². The van der Waals surface area contributed by atoms with Gasteiger partial charge in [0.2, 0.25) is 0 Å². The predicted octanol–water partition coefficient (Wildman–Crippen LogP) is 4.65. The molecule has 2 nitrogen and oxygen atoms in total. The van der Waals surface area contributed by atoms with Crippen molar-refractivity contribution in [2.75, 3.05) is 11.9 Å². The van der Waals surface area contributed by atoms with Gasteiger partial charge in [-0.3, -0.25) is 0 Å². The lowest BCUT2D eigenvalue weighted by atomic mass is 10.0.